The van der Waals surface area contributed by atoms with Gasteiger partial charge in [0.15, 0.2) is 14.9 Å². The lowest BCUT2D eigenvalue weighted by molar-refractivity contribution is 0.0843. The SMILES string of the molecule is CS(=O)(=O)c1ccc(-c2c(C3CCOCC3)n(-c3ccc(F)cc3)c3cc4cn[nH]c4cc23)cn1. The number of halogens is 1. The molecule has 178 valence electrons. The summed E-state index contributed by atoms with van der Waals surface area (Å²) in [6.07, 6.45) is 6.25. The number of benzene rings is 2. The molecule has 0 bridgehead atoms. The summed E-state index contributed by atoms with van der Waals surface area (Å²) in [5.41, 5.74) is 5.62. The van der Waals surface area contributed by atoms with Crippen LogP contribution in [0.25, 0.3) is 38.6 Å². The molecule has 1 N–H and O–H groups in total. The van der Waals surface area contributed by atoms with Crippen molar-refractivity contribution in [1.82, 2.24) is 19.7 Å². The maximum Gasteiger partial charge on any atom is 0.192 e. The van der Waals surface area contributed by atoms with Gasteiger partial charge >= 0.3 is 0 Å². The van der Waals surface area contributed by atoms with Crippen molar-refractivity contribution < 1.29 is 17.5 Å². The average molecular weight is 491 g/mol. The number of sulfone groups is 1. The van der Waals surface area contributed by atoms with E-state index in [-0.39, 0.29) is 16.8 Å². The second kappa shape index (κ2) is 8.28. The summed E-state index contributed by atoms with van der Waals surface area (Å²) in [6, 6.07) is 14.0. The summed E-state index contributed by atoms with van der Waals surface area (Å²) in [7, 11) is -3.42. The van der Waals surface area contributed by atoms with Crippen LogP contribution in [0.4, 0.5) is 4.39 Å². The molecule has 6 rings (SSSR count). The highest BCUT2D eigenvalue weighted by Gasteiger charge is 2.28. The summed E-state index contributed by atoms with van der Waals surface area (Å²) < 4.78 is 45.7. The standard InChI is InChI=1S/C26H23FN4O3S/c1-35(32,33)24-7-2-17(14-28-24)25-21-13-22-18(15-29-30-22)12-23(21)31(20-5-3-19(27)4-6-20)26(25)16-8-10-34-11-9-16/h2-7,12-16H,8-11H2,1H3,(H,29,30). The van der Waals surface area contributed by atoms with Crippen molar-refractivity contribution in [3.8, 4) is 16.8 Å². The van der Waals surface area contributed by atoms with Gasteiger partial charge in [0.1, 0.15) is 5.82 Å². The Balaban J connectivity index is 1.71. The first-order chi connectivity index (χ1) is 16.9. The molecule has 2 aromatic carbocycles. The van der Waals surface area contributed by atoms with Crippen molar-refractivity contribution in [3.05, 3.63) is 72.4 Å². The van der Waals surface area contributed by atoms with E-state index in [9.17, 15) is 12.8 Å². The Morgan fingerprint density at radius 3 is 2.51 bits per heavy atom. The van der Waals surface area contributed by atoms with E-state index < -0.39 is 9.84 Å². The van der Waals surface area contributed by atoms with Crippen LogP contribution >= 0.6 is 0 Å². The first-order valence-electron chi connectivity index (χ1n) is 11.4. The van der Waals surface area contributed by atoms with Gasteiger partial charge in [-0.25, -0.2) is 17.8 Å². The highest BCUT2D eigenvalue weighted by Crippen LogP contribution is 2.44. The van der Waals surface area contributed by atoms with Gasteiger partial charge < -0.3 is 9.30 Å². The predicted molar refractivity (Wildman–Crippen MR) is 132 cm³/mol. The summed E-state index contributed by atoms with van der Waals surface area (Å²) in [5, 5.41) is 9.23. The summed E-state index contributed by atoms with van der Waals surface area (Å²) in [6.45, 7) is 1.32. The van der Waals surface area contributed by atoms with Gasteiger partial charge in [-0.15, -0.1) is 0 Å². The molecule has 1 aliphatic heterocycles. The third-order valence-electron chi connectivity index (χ3n) is 6.66. The lowest BCUT2D eigenvalue weighted by atomic mass is 9.90. The maximum atomic E-state index is 13.8. The van der Waals surface area contributed by atoms with Gasteiger partial charge in [-0.05, 0) is 61.4 Å². The Morgan fingerprint density at radius 1 is 1.06 bits per heavy atom. The van der Waals surface area contributed by atoms with Crippen molar-refractivity contribution in [1.29, 1.82) is 0 Å². The number of fused-ring (bicyclic) bond motifs is 2. The molecular weight excluding hydrogens is 467 g/mol. The van der Waals surface area contributed by atoms with Crippen molar-refractivity contribution in [3.63, 3.8) is 0 Å². The van der Waals surface area contributed by atoms with Crippen molar-refractivity contribution in [2.75, 3.05) is 19.5 Å². The Bertz CT molecular complexity index is 1650. The summed E-state index contributed by atoms with van der Waals surface area (Å²) in [5.74, 6) is -0.0990. The first-order valence-corrected chi connectivity index (χ1v) is 13.3. The van der Waals surface area contributed by atoms with Gasteiger partial charge in [0.25, 0.3) is 0 Å². The number of hydrogen-bond acceptors (Lipinski definition) is 5. The summed E-state index contributed by atoms with van der Waals surface area (Å²) >= 11 is 0. The molecule has 35 heavy (non-hydrogen) atoms. The molecule has 1 aliphatic rings. The van der Waals surface area contributed by atoms with Crippen LogP contribution in [0.15, 0.2) is 66.0 Å². The maximum absolute atomic E-state index is 13.8. The fourth-order valence-electron chi connectivity index (χ4n) is 5.02. The Morgan fingerprint density at radius 2 is 1.83 bits per heavy atom. The number of hydrogen-bond donors (Lipinski definition) is 1. The van der Waals surface area contributed by atoms with E-state index in [1.54, 1.807) is 30.6 Å². The van der Waals surface area contributed by atoms with Crippen LogP contribution in [0, 0.1) is 5.82 Å². The summed E-state index contributed by atoms with van der Waals surface area (Å²) in [4.78, 5) is 4.27. The third-order valence-corrected chi connectivity index (χ3v) is 7.66. The third kappa shape index (κ3) is 3.81. The first kappa shape index (κ1) is 21.9. The minimum absolute atomic E-state index is 0.0343. The van der Waals surface area contributed by atoms with Gasteiger partial charge in [-0.1, -0.05) is 0 Å². The van der Waals surface area contributed by atoms with Crippen LogP contribution in [0.5, 0.6) is 0 Å². The van der Waals surface area contributed by atoms with Gasteiger partial charge in [-0.3, -0.25) is 5.10 Å². The van der Waals surface area contributed by atoms with Crippen LogP contribution in [0.1, 0.15) is 24.5 Å². The number of aromatic nitrogens is 4. The normalized spacial score (nSPS) is 15.3. The highest BCUT2D eigenvalue weighted by molar-refractivity contribution is 7.90. The fraction of sp³-hybridized carbons (Fsp3) is 0.231. The molecule has 0 saturated carbocycles. The van der Waals surface area contributed by atoms with Crippen molar-refractivity contribution in [2.24, 2.45) is 0 Å². The molecule has 0 unspecified atom stereocenters. The number of ether oxygens (including phenoxy) is 1. The predicted octanol–water partition coefficient (Wildman–Crippen LogP) is 5.01. The number of aromatic amines is 1. The monoisotopic (exact) mass is 490 g/mol. The van der Waals surface area contributed by atoms with E-state index >= 15 is 0 Å². The second-order valence-electron chi connectivity index (χ2n) is 8.94. The van der Waals surface area contributed by atoms with E-state index in [0.29, 0.717) is 13.2 Å². The largest absolute Gasteiger partial charge is 0.381 e. The molecule has 0 aliphatic carbocycles. The molecule has 0 amide bonds. The number of nitrogens with zero attached hydrogens (tertiary/aromatic N) is 3. The van der Waals surface area contributed by atoms with Crippen LogP contribution in [0.2, 0.25) is 0 Å². The van der Waals surface area contributed by atoms with E-state index in [4.69, 9.17) is 4.74 Å². The average Bonchev–Trinajstić information content (AvgIpc) is 3.45. The zero-order chi connectivity index (χ0) is 24.2. The number of rotatable bonds is 4. The Hall–Kier alpha value is -3.56. The molecule has 1 fully saturated rings. The minimum Gasteiger partial charge on any atom is -0.381 e. The van der Waals surface area contributed by atoms with Crippen LogP contribution < -0.4 is 0 Å². The van der Waals surface area contributed by atoms with Gasteiger partial charge in [0.2, 0.25) is 0 Å². The van der Waals surface area contributed by atoms with Crippen LogP contribution in [-0.2, 0) is 14.6 Å². The molecule has 9 heteroatoms. The smallest absolute Gasteiger partial charge is 0.192 e. The van der Waals surface area contributed by atoms with E-state index in [1.807, 2.05) is 6.07 Å². The second-order valence-corrected chi connectivity index (χ2v) is 10.9. The highest BCUT2D eigenvalue weighted by atomic mass is 32.2. The Kier molecular flexibility index (Phi) is 5.19. The molecule has 1 saturated heterocycles. The molecule has 0 spiro atoms. The van der Waals surface area contributed by atoms with E-state index in [0.717, 1.165) is 63.4 Å². The van der Waals surface area contributed by atoms with Crippen LogP contribution in [0.3, 0.4) is 0 Å². The quantitative estimate of drug-likeness (QED) is 0.383. The molecule has 5 aromatic rings. The van der Waals surface area contributed by atoms with Crippen molar-refractivity contribution in [2.45, 2.75) is 23.8 Å². The molecule has 0 radical (unpaired) electrons. The molecule has 7 nitrogen and oxygen atoms in total. The molecule has 3 aromatic heterocycles. The Labute approximate surface area is 201 Å². The zero-order valence-corrected chi connectivity index (χ0v) is 19.8. The van der Waals surface area contributed by atoms with Gasteiger partial charge in [0, 0.05) is 64.9 Å². The number of H-pyrrole nitrogens is 1. The lowest BCUT2D eigenvalue weighted by Crippen LogP contribution is -2.17. The van der Waals surface area contributed by atoms with Crippen LogP contribution in [-0.4, -0.2) is 47.6 Å². The van der Waals surface area contributed by atoms with Crippen molar-refractivity contribution >= 4 is 31.6 Å². The molecule has 4 heterocycles. The van der Waals surface area contributed by atoms with Gasteiger partial charge in [0.05, 0.1) is 17.2 Å². The molecule has 0 atom stereocenters. The minimum atomic E-state index is -3.42. The number of nitrogens with one attached hydrogen (secondary N) is 1. The fourth-order valence-corrected chi connectivity index (χ4v) is 5.58. The molecular formula is C26H23FN4O3S. The topological polar surface area (TPSA) is 89.9 Å². The van der Waals surface area contributed by atoms with E-state index in [2.05, 4.69) is 31.9 Å². The lowest BCUT2D eigenvalue weighted by Gasteiger charge is -2.25. The van der Waals surface area contributed by atoms with E-state index in [1.165, 1.54) is 12.1 Å². The van der Waals surface area contributed by atoms with Gasteiger partial charge in [-0.2, -0.15) is 5.10 Å². The zero-order valence-electron chi connectivity index (χ0n) is 19.0. The number of pyridine rings is 1.